The van der Waals surface area contributed by atoms with Crippen LogP contribution < -0.4 is 0 Å². The van der Waals surface area contributed by atoms with E-state index >= 15 is 0 Å². The molecule has 0 bridgehead atoms. The zero-order valence-corrected chi connectivity index (χ0v) is 39.4. The largest absolute Gasteiger partial charge is 0.0654 e. The first-order chi connectivity index (χ1) is 26.7. The van der Waals surface area contributed by atoms with Gasteiger partial charge in [-0.05, 0) is 36.5 Å². The minimum Gasteiger partial charge on any atom is -0.0654 e. The lowest BCUT2D eigenvalue weighted by Gasteiger charge is -2.33. The van der Waals surface area contributed by atoms with Crippen molar-refractivity contribution in [1.29, 1.82) is 0 Å². The molecule has 0 radical (unpaired) electrons. The van der Waals surface area contributed by atoms with Crippen LogP contribution in [0.3, 0.4) is 0 Å². The summed E-state index contributed by atoms with van der Waals surface area (Å²) in [5, 5.41) is 0. The molecule has 0 aliphatic rings. The molecule has 0 aromatic carbocycles. The van der Waals surface area contributed by atoms with E-state index in [-0.39, 0.29) is 0 Å². The molecule has 0 rings (SSSR count). The Morgan fingerprint density at radius 2 is 0.278 bits per heavy atom. The van der Waals surface area contributed by atoms with E-state index in [1.54, 1.807) is 44.9 Å². The summed E-state index contributed by atoms with van der Waals surface area (Å²) >= 11 is 0. The third kappa shape index (κ3) is 36.3. The van der Waals surface area contributed by atoms with Crippen LogP contribution in [0, 0.1) is 23.7 Å². The van der Waals surface area contributed by atoms with Crippen molar-refractivity contribution in [1.82, 2.24) is 0 Å². The van der Waals surface area contributed by atoms with Crippen LogP contribution in [0.2, 0.25) is 0 Å². The molecule has 0 aromatic rings. The fourth-order valence-electron chi connectivity index (χ4n) is 10.0. The first kappa shape index (κ1) is 54.0. The zero-order chi connectivity index (χ0) is 39.4. The van der Waals surface area contributed by atoms with Gasteiger partial charge < -0.3 is 0 Å². The van der Waals surface area contributed by atoms with E-state index in [1.165, 1.54) is 238 Å². The molecule has 0 aliphatic heterocycles. The van der Waals surface area contributed by atoms with Crippen molar-refractivity contribution in [2.24, 2.45) is 23.7 Å². The Kier molecular flexibility index (Phi) is 45.7. The molecule has 54 heavy (non-hydrogen) atoms. The van der Waals surface area contributed by atoms with Crippen LogP contribution in [0.5, 0.6) is 0 Å². The molecule has 0 aromatic heterocycles. The molecule has 0 saturated carbocycles. The monoisotopic (exact) mass is 759 g/mol. The first-order valence-electron chi connectivity index (χ1n) is 26.7. The second-order valence-corrected chi connectivity index (χ2v) is 19.0. The normalized spacial score (nSPS) is 14.1. The van der Waals surface area contributed by atoms with E-state index in [0.29, 0.717) is 0 Å². The Hall–Kier alpha value is 0. The maximum atomic E-state index is 2.43. The highest BCUT2D eigenvalue weighted by Crippen LogP contribution is 2.38. The van der Waals surface area contributed by atoms with Crippen LogP contribution in [-0.4, -0.2) is 0 Å². The molecule has 0 aliphatic carbocycles. The summed E-state index contributed by atoms with van der Waals surface area (Å²) in [5.41, 5.74) is 0. The Morgan fingerprint density at radius 1 is 0.148 bits per heavy atom. The summed E-state index contributed by atoms with van der Waals surface area (Å²) in [6.45, 7) is 14.2. The summed E-state index contributed by atoms with van der Waals surface area (Å²) in [5.74, 6) is 4.00. The van der Waals surface area contributed by atoms with Gasteiger partial charge in [-0.1, -0.05) is 311 Å². The highest BCUT2D eigenvalue weighted by molar-refractivity contribution is 4.77. The van der Waals surface area contributed by atoms with Crippen LogP contribution in [0.4, 0.5) is 0 Å². The lowest BCUT2D eigenvalue weighted by molar-refractivity contribution is 0.189. The van der Waals surface area contributed by atoms with Crippen LogP contribution in [-0.2, 0) is 0 Å². The van der Waals surface area contributed by atoms with Crippen molar-refractivity contribution >= 4 is 0 Å². The Bertz CT molecular complexity index is 650. The van der Waals surface area contributed by atoms with Gasteiger partial charge in [0.1, 0.15) is 0 Å². The second kappa shape index (κ2) is 45.7. The van der Waals surface area contributed by atoms with Crippen molar-refractivity contribution in [3.05, 3.63) is 0 Å². The summed E-state index contributed by atoms with van der Waals surface area (Å²) in [6.07, 6.45) is 65.1. The van der Waals surface area contributed by atoms with Gasteiger partial charge in [-0.3, -0.25) is 0 Å². The third-order valence-corrected chi connectivity index (χ3v) is 13.8. The van der Waals surface area contributed by atoms with Gasteiger partial charge in [0.05, 0.1) is 0 Å². The first-order valence-corrected chi connectivity index (χ1v) is 26.7. The maximum Gasteiger partial charge on any atom is -0.0386 e. The Balaban J connectivity index is 5.86. The fraction of sp³-hybridized carbons (Fsp3) is 1.00. The van der Waals surface area contributed by atoms with Crippen LogP contribution >= 0.6 is 0 Å². The van der Waals surface area contributed by atoms with E-state index in [1.807, 2.05) is 0 Å². The number of hydrogen-bond donors (Lipinski definition) is 0. The van der Waals surface area contributed by atoms with E-state index in [0.717, 1.165) is 23.7 Å². The van der Waals surface area contributed by atoms with Gasteiger partial charge in [0.25, 0.3) is 0 Å². The Labute approximate surface area is 346 Å². The molecule has 0 saturated heterocycles. The van der Waals surface area contributed by atoms with Crippen molar-refractivity contribution in [2.75, 3.05) is 0 Å². The summed E-state index contributed by atoms with van der Waals surface area (Å²) in [7, 11) is 0. The van der Waals surface area contributed by atoms with Gasteiger partial charge in [-0.2, -0.15) is 0 Å². The summed E-state index contributed by atoms with van der Waals surface area (Å²) in [4.78, 5) is 0. The predicted octanol–water partition coefficient (Wildman–Crippen LogP) is 20.7. The molecule has 0 amide bonds. The van der Waals surface area contributed by atoms with E-state index in [4.69, 9.17) is 0 Å². The van der Waals surface area contributed by atoms with E-state index in [9.17, 15) is 0 Å². The lowest BCUT2D eigenvalue weighted by atomic mass is 9.73. The van der Waals surface area contributed by atoms with Gasteiger partial charge in [-0.25, -0.2) is 0 Å². The molecule has 0 fully saturated rings. The van der Waals surface area contributed by atoms with Crippen molar-refractivity contribution < 1.29 is 0 Å². The van der Waals surface area contributed by atoms with Gasteiger partial charge in [0.15, 0.2) is 0 Å². The van der Waals surface area contributed by atoms with Crippen molar-refractivity contribution in [3.8, 4) is 0 Å². The van der Waals surface area contributed by atoms with Crippen molar-refractivity contribution in [3.63, 3.8) is 0 Å². The molecule has 0 heterocycles. The second-order valence-electron chi connectivity index (χ2n) is 19.0. The van der Waals surface area contributed by atoms with E-state index < -0.39 is 0 Å². The Morgan fingerprint density at radius 3 is 0.481 bits per heavy atom. The third-order valence-electron chi connectivity index (χ3n) is 13.8. The topological polar surface area (TPSA) is 0 Å². The van der Waals surface area contributed by atoms with Gasteiger partial charge in [0, 0.05) is 0 Å². The van der Waals surface area contributed by atoms with Gasteiger partial charge in [-0.15, -0.1) is 0 Å². The summed E-state index contributed by atoms with van der Waals surface area (Å²) in [6, 6.07) is 0. The number of unbranched alkanes of at least 4 members (excludes halogenated alkanes) is 30. The molecule has 0 spiro atoms. The van der Waals surface area contributed by atoms with Gasteiger partial charge in [0.2, 0.25) is 0 Å². The molecule has 4 atom stereocenters. The van der Waals surface area contributed by atoms with Crippen LogP contribution in [0.1, 0.15) is 324 Å². The van der Waals surface area contributed by atoms with E-state index in [2.05, 4.69) is 41.5 Å². The number of hydrogen-bond acceptors (Lipinski definition) is 0. The fourth-order valence-corrected chi connectivity index (χ4v) is 10.0. The zero-order valence-electron chi connectivity index (χ0n) is 39.4. The number of rotatable bonds is 47. The molecule has 4 unspecified atom stereocenters. The average molecular weight is 759 g/mol. The average Bonchev–Trinajstić information content (AvgIpc) is 3.18. The van der Waals surface area contributed by atoms with Crippen molar-refractivity contribution in [2.45, 2.75) is 324 Å². The quantitative estimate of drug-likeness (QED) is 0.0542. The molecule has 326 valence electrons. The maximum absolute atomic E-state index is 2.43. The standard InChI is InChI=1S/C54H110/c1-7-13-19-24-29-34-40-46-51(44-38-32-27-22-16-10-4)53(43-37-18-12-6)49-50-54(48-42-36-31-26-21-15-9-3)52(45-39-33-28-23-17-11-5)47-41-35-30-25-20-14-8-2/h51-54H,7-50H2,1-6H3. The molecule has 0 N–H and O–H groups in total. The smallest absolute Gasteiger partial charge is 0.0386 e. The molecular formula is C54H110. The summed E-state index contributed by atoms with van der Waals surface area (Å²) < 4.78 is 0. The molecular weight excluding hydrogens is 649 g/mol. The van der Waals surface area contributed by atoms with Gasteiger partial charge >= 0.3 is 0 Å². The lowest BCUT2D eigenvalue weighted by Crippen LogP contribution is -2.21. The highest BCUT2D eigenvalue weighted by atomic mass is 14.3. The van der Waals surface area contributed by atoms with Crippen LogP contribution in [0.15, 0.2) is 0 Å². The minimum absolute atomic E-state index is 0.997. The predicted molar refractivity (Wildman–Crippen MR) is 251 cm³/mol. The van der Waals surface area contributed by atoms with Crippen LogP contribution in [0.25, 0.3) is 0 Å². The minimum atomic E-state index is 0.997. The highest BCUT2D eigenvalue weighted by Gasteiger charge is 2.26. The molecule has 0 nitrogen and oxygen atoms in total. The SMILES string of the molecule is CCCCCCCCCC(CCCCCCCC)C(CCCCC)CCC(CCCCCCCCC)C(CCCCCCCC)CCCCCCCCC. The molecule has 0 heteroatoms.